The largest absolute Gasteiger partial charge is 0.324 e. The van der Waals surface area contributed by atoms with Crippen LogP contribution in [0.1, 0.15) is 6.42 Å². The first-order valence-corrected chi connectivity index (χ1v) is 6.08. The Morgan fingerprint density at radius 3 is 2.67 bits per heavy atom. The van der Waals surface area contributed by atoms with E-state index in [2.05, 4.69) is 5.32 Å². The predicted molar refractivity (Wildman–Crippen MR) is 69.2 cm³/mol. The van der Waals surface area contributed by atoms with Gasteiger partial charge in [-0.05, 0) is 44.3 Å². The standard InChI is InChI=1S/C13H18FN3O/c1-15-8-7-12-9-17(13(18)16(12)2)11-5-3-10(14)4-6-11/h3-6,12,15H,7-9H2,1-2H3. The van der Waals surface area contributed by atoms with Crippen molar-refractivity contribution in [1.29, 1.82) is 0 Å². The number of amides is 2. The second kappa shape index (κ2) is 5.35. The third-order valence-corrected chi connectivity index (χ3v) is 3.34. The van der Waals surface area contributed by atoms with E-state index in [1.54, 1.807) is 21.9 Å². The maximum absolute atomic E-state index is 12.9. The summed E-state index contributed by atoms with van der Waals surface area (Å²) in [5.74, 6) is -0.287. The lowest BCUT2D eigenvalue weighted by molar-refractivity contribution is 0.217. The Hall–Kier alpha value is -1.62. The molecule has 1 unspecified atom stereocenters. The number of rotatable bonds is 4. The zero-order chi connectivity index (χ0) is 13.1. The second-order valence-electron chi connectivity index (χ2n) is 4.53. The summed E-state index contributed by atoms with van der Waals surface area (Å²) in [5, 5.41) is 3.09. The third-order valence-electron chi connectivity index (χ3n) is 3.34. The summed E-state index contributed by atoms with van der Waals surface area (Å²) in [7, 11) is 3.71. The molecule has 2 rings (SSSR count). The van der Waals surface area contributed by atoms with Crippen molar-refractivity contribution < 1.29 is 9.18 Å². The van der Waals surface area contributed by atoms with Crippen molar-refractivity contribution >= 4 is 11.7 Å². The Morgan fingerprint density at radius 2 is 2.06 bits per heavy atom. The van der Waals surface area contributed by atoms with Gasteiger partial charge in [0.1, 0.15) is 5.82 Å². The van der Waals surface area contributed by atoms with Gasteiger partial charge in [0.15, 0.2) is 0 Å². The number of anilines is 1. The van der Waals surface area contributed by atoms with E-state index in [0.29, 0.717) is 6.54 Å². The first-order valence-electron chi connectivity index (χ1n) is 6.08. The first-order chi connectivity index (χ1) is 8.63. The fraction of sp³-hybridized carbons (Fsp3) is 0.462. The molecule has 1 aromatic carbocycles. The molecule has 0 bridgehead atoms. The van der Waals surface area contributed by atoms with Crippen LogP contribution in [-0.4, -0.2) is 44.2 Å². The van der Waals surface area contributed by atoms with Crippen LogP contribution in [-0.2, 0) is 0 Å². The maximum atomic E-state index is 12.9. The monoisotopic (exact) mass is 251 g/mol. The number of carbonyl (C=O) groups is 1. The van der Waals surface area contributed by atoms with Crippen LogP contribution in [0.25, 0.3) is 0 Å². The molecule has 4 nitrogen and oxygen atoms in total. The highest BCUT2D eigenvalue weighted by Gasteiger charge is 2.34. The number of likely N-dealkylation sites (N-methyl/N-ethyl adjacent to an activating group) is 1. The van der Waals surface area contributed by atoms with Gasteiger partial charge in [-0.1, -0.05) is 0 Å². The van der Waals surface area contributed by atoms with Crippen LogP contribution in [0, 0.1) is 5.82 Å². The Morgan fingerprint density at radius 1 is 1.39 bits per heavy atom. The van der Waals surface area contributed by atoms with Gasteiger partial charge in [0.25, 0.3) is 0 Å². The number of benzene rings is 1. The van der Waals surface area contributed by atoms with Gasteiger partial charge in [-0.25, -0.2) is 9.18 Å². The normalized spacial score (nSPS) is 19.7. The lowest BCUT2D eigenvalue weighted by atomic mass is 10.2. The molecule has 1 heterocycles. The topological polar surface area (TPSA) is 35.6 Å². The zero-order valence-corrected chi connectivity index (χ0v) is 10.7. The van der Waals surface area contributed by atoms with Gasteiger partial charge < -0.3 is 10.2 Å². The molecule has 1 aliphatic heterocycles. The van der Waals surface area contributed by atoms with Gasteiger partial charge in [-0.3, -0.25) is 4.90 Å². The number of nitrogens with zero attached hydrogens (tertiary/aromatic N) is 2. The molecule has 2 amide bonds. The van der Waals surface area contributed by atoms with Gasteiger partial charge >= 0.3 is 6.03 Å². The van der Waals surface area contributed by atoms with Crippen molar-refractivity contribution in [2.24, 2.45) is 0 Å². The summed E-state index contributed by atoms with van der Waals surface area (Å²) in [5.41, 5.74) is 0.750. The molecule has 5 heteroatoms. The van der Waals surface area contributed by atoms with E-state index < -0.39 is 0 Å². The summed E-state index contributed by atoms with van der Waals surface area (Å²) in [6.45, 7) is 1.53. The quantitative estimate of drug-likeness (QED) is 0.883. The maximum Gasteiger partial charge on any atom is 0.324 e. The van der Waals surface area contributed by atoms with E-state index in [1.807, 2.05) is 14.1 Å². The molecule has 1 fully saturated rings. The van der Waals surface area contributed by atoms with E-state index >= 15 is 0 Å². The van der Waals surface area contributed by atoms with Crippen LogP contribution < -0.4 is 10.2 Å². The summed E-state index contributed by atoms with van der Waals surface area (Å²) >= 11 is 0. The van der Waals surface area contributed by atoms with Crippen molar-refractivity contribution in [3.8, 4) is 0 Å². The molecule has 1 aliphatic rings. The van der Waals surface area contributed by atoms with Crippen molar-refractivity contribution in [2.75, 3.05) is 32.1 Å². The van der Waals surface area contributed by atoms with E-state index in [4.69, 9.17) is 0 Å². The number of carbonyl (C=O) groups excluding carboxylic acids is 1. The first kappa shape index (κ1) is 12.8. The number of hydrogen-bond donors (Lipinski definition) is 1. The van der Waals surface area contributed by atoms with E-state index in [0.717, 1.165) is 18.7 Å². The van der Waals surface area contributed by atoms with Crippen molar-refractivity contribution in [3.63, 3.8) is 0 Å². The summed E-state index contributed by atoms with van der Waals surface area (Å²) < 4.78 is 12.9. The molecule has 0 aliphatic carbocycles. The average Bonchev–Trinajstić information content (AvgIpc) is 2.65. The second-order valence-corrected chi connectivity index (χ2v) is 4.53. The minimum Gasteiger partial charge on any atom is -0.323 e. The molecule has 0 aromatic heterocycles. The highest BCUT2D eigenvalue weighted by molar-refractivity contribution is 5.94. The SMILES string of the molecule is CNCCC1CN(c2ccc(F)cc2)C(=O)N1C. The Labute approximate surface area is 106 Å². The Balaban J connectivity index is 2.10. The van der Waals surface area contributed by atoms with E-state index in [1.165, 1.54) is 12.1 Å². The molecular formula is C13H18FN3O. The van der Waals surface area contributed by atoms with Gasteiger partial charge in [-0.15, -0.1) is 0 Å². The summed E-state index contributed by atoms with van der Waals surface area (Å²) in [4.78, 5) is 15.5. The lowest BCUT2D eigenvalue weighted by Gasteiger charge is -2.17. The molecule has 0 radical (unpaired) electrons. The number of hydrogen-bond acceptors (Lipinski definition) is 2. The molecule has 1 N–H and O–H groups in total. The minimum absolute atomic E-state index is 0.0253. The van der Waals surface area contributed by atoms with Gasteiger partial charge in [0.05, 0.1) is 6.04 Å². The van der Waals surface area contributed by atoms with Crippen molar-refractivity contribution in [1.82, 2.24) is 10.2 Å². The average molecular weight is 251 g/mol. The molecule has 0 spiro atoms. The molecule has 1 atom stereocenters. The van der Waals surface area contributed by atoms with Crippen LogP contribution in [0.2, 0.25) is 0 Å². The molecule has 1 saturated heterocycles. The summed E-state index contributed by atoms with van der Waals surface area (Å²) in [6.07, 6.45) is 0.913. The van der Waals surface area contributed by atoms with E-state index in [9.17, 15) is 9.18 Å². The third kappa shape index (κ3) is 2.46. The van der Waals surface area contributed by atoms with Crippen LogP contribution in [0.15, 0.2) is 24.3 Å². The summed E-state index contributed by atoms with van der Waals surface area (Å²) in [6, 6.07) is 6.22. The van der Waals surface area contributed by atoms with Crippen LogP contribution >= 0.6 is 0 Å². The van der Waals surface area contributed by atoms with Crippen molar-refractivity contribution in [3.05, 3.63) is 30.1 Å². The van der Waals surface area contributed by atoms with Gasteiger partial charge in [0, 0.05) is 19.3 Å². The highest BCUT2D eigenvalue weighted by Crippen LogP contribution is 2.24. The van der Waals surface area contributed by atoms with Crippen LogP contribution in [0.4, 0.5) is 14.9 Å². The predicted octanol–water partition coefficient (Wildman–Crippen LogP) is 1.68. The Bertz CT molecular complexity index is 421. The highest BCUT2D eigenvalue weighted by atomic mass is 19.1. The molecular weight excluding hydrogens is 233 g/mol. The number of halogens is 1. The smallest absolute Gasteiger partial charge is 0.323 e. The van der Waals surface area contributed by atoms with Crippen molar-refractivity contribution in [2.45, 2.75) is 12.5 Å². The molecule has 1 aromatic rings. The number of nitrogens with one attached hydrogen (secondary N) is 1. The zero-order valence-electron chi connectivity index (χ0n) is 10.7. The fourth-order valence-electron chi connectivity index (χ4n) is 2.19. The molecule has 0 saturated carbocycles. The van der Waals surface area contributed by atoms with E-state index in [-0.39, 0.29) is 17.9 Å². The molecule has 98 valence electrons. The fourth-order valence-corrected chi connectivity index (χ4v) is 2.19. The van der Waals surface area contributed by atoms with Gasteiger partial charge in [-0.2, -0.15) is 0 Å². The van der Waals surface area contributed by atoms with Crippen LogP contribution in [0.5, 0.6) is 0 Å². The Kier molecular flexibility index (Phi) is 3.81. The van der Waals surface area contributed by atoms with Gasteiger partial charge in [0.2, 0.25) is 0 Å². The number of urea groups is 1. The lowest BCUT2D eigenvalue weighted by Crippen LogP contribution is -2.32. The van der Waals surface area contributed by atoms with Crippen LogP contribution in [0.3, 0.4) is 0 Å². The minimum atomic E-state index is -0.287. The molecule has 18 heavy (non-hydrogen) atoms.